The van der Waals surface area contributed by atoms with Crippen LogP contribution in [0.15, 0.2) is 24.3 Å². The molecule has 4 heteroatoms. The van der Waals surface area contributed by atoms with Crippen LogP contribution in [-0.4, -0.2) is 17.5 Å². The molecule has 1 unspecified atom stereocenters. The van der Waals surface area contributed by atoms with Crippen LogP contribution in [-0.2, 0) is 4.74 Å². The van der Waals surface area contributed by atoms with Crippen LogP contribution in [0.3, 0.4) is 0 Å². The van der Waals surface area contributed by atoms with Crippen molar-refractivity contribution in [2.75, 3.05) is 11.0 Å². The van der Waals surface area contributed by atoms with E-state index in [0.717, 1.165) is 11.1 Å². The van der Waals surface area contributed by atoms with Gasteiger partial charge in [0.25, 0.3) is 6.43 Å². The lowest BCUT2D eigenvalue weighted by atomic mass is 10.1. The molecule has 1 atom stereocenters. The highest BCUT2D eigenvalue weighted by Gasteiger charge is 2.13. The third kappa shape index (κ3) is 4.42. The van der Waals surface area contributed by atoms with Crippen molar-refractivity contribution in [3.8, 4) is 0 Å². The van der Waals surface area contributed by atoms with E-state index in [9.17, 15) is 8.78 Å². The zero-order chi connectivity index (χ0) is 11.3. The first-order valence-electron chi connectivity index (χ1n) is 4.65. The average Bonchev–Trinajstić information content (AvgIpc) is 2.21. The maximum atomic E-state index is 12.0. The second-order valence-corrected chi connectivity index (χ2v) is 4.16. The number of ether oxygens (including phenoxy) is 1. The lowest BCUT2D eigenvalue weighted by Gasteiger charge is -2.15. The zero-order valence-electron chi connectivity index (χ0n) is 8.42. The zero-order valence-corrected chi connectivity index (χ0v) is 10.6. The molecule has 0 saturated heterocycles. The van der Waals surface area contributed by atoms with Gasteiger partial charge in [-0.1, -0.05) is 52.4 Å². The Labute approximate surface area is 102 Å². The Bertz CT molecular complexity index is 287. The standard InChI is InChI=1S/C11H13F2IO/c1-8-2-4-9(5-3-8)10(6-14)15-7-11(12)13/h2-5,10-11H,6-7H2,1H3. The lowest BCUT2D eigenvalue weighted by Crippen LogP contribution is -2.11. The van der Waals surface area contributed by atoms with Gasteiger partial charge in [0.15, 0.2) is 0 Å². The van der Waals surface area contributed by atoms with Crippen LogP contribution in [0.4, 0.5) is 8.78 Å². The van der Waals surface area contributed by atoms with E-state index in [1.165, 1.54) is 0 Å². The minimum absolute atomic E-state index is 0.236. The van der Waals surface area contributed by atoms with Crippen LogP contribution >= 0.6 is 22.6 Å². The number of hydrogen-bond acceptors (Lipinski definition) is 1. The molecule has 0 aliphatic carbocycles. The normalized spacial score (nSPS) is 13.1. The van der Waals surface area contributed by atoms with Gasteiger partial charge in [-0.25, -0.2) is 8.78 Å². The third-order valence-electron chi connectivity index (χ3n) is 2.01. The summed E-state index contributed by atoms with van der Waals surface area (Å²) in [7, 11) is 0. The van der Waals surface area contributed by atoms with E-state index in [0.29, 0.717) is 4.43 Å². The van der Waals surface area contributed by atoms with Crippen LogP contribution in [0, 0.1) is 6.92 Å². The molecule has 0 N–H and O–H groups in total. The van der Waals surface area contributed by atoms with Crippen molar-refractivity contribution >= 4 is 22.6 Å². The Morgan fingerprint density at radius 1 is 1.27 bits per heavy atom. The van der Waals surface area contributed by atoms with Crippen molar-refractivity contribution in [2.24, 2.45) is 0 Å². The molecule has 0 amide bonds. The molecule has 1 aromatic rings. The molecule has 0 bridgehead atoms. The molecule has 0 spiro atoms. The van der Waals surface area contributed by atoms with E-state index in [-0.39, 0.29) is 6.10 Å². The second kappa shape index (κ2) is 6.37. The Kier molecular flexibility index (Phi) is 5.45. The van der Waals surface area contributed by atoms with Gasteiger partial charge < -0.3 is 4.74 Å². The van der Waals surface area contributed by atoms with E-state index in [2.05, 4.69) is 22.6 Å². The number of hydrogen-bond donors (Lipinski definition) is 0. The molecule has 0 heterocycles. The van der Waals surface area contributed by atoms with Crippen molar-refractivity contribution in [3.05, 3.63) is 35.4 Å². The number of aryl methyl sites for hydroxylation is 1. The minimum atomic E-state index is -2.40. The molecule has 0 fully saturated rings. The largest absolute Gasteiger partial charge is 0.367 e. The highest BCUT2D eigenvalue weighted by atomic mass is 127. The summed E-state index contributed by atoms with van der Waals surface area (Å²) < 4.78 is 29.8. The summed E-state index contributed by atoms with van der Waals surface area (Å²) in [5, 5.41) is 0. The summed E-state index contributed by atoms with van der Waals surface area (Å²) in [6.45, 7) is 1.49. The van der Waals surface area contributed by atoms with Gasteiger partial charge in [-0.15, -0.1) is 0 Å². The first-order valence-corrected chi connectivity index (χ1v) is 6.18. The Balaban J connectivity index is 2.61. The molecule has 1 nitrogen and oxygen atoms in total. The summed E-state index contributed by atoms with van der Waals surface area (Å²) >= 11 is 2.14. The number of rotatable bonds is 5. The number of benzene rings is 1. The molecular formula is C11H13F2IO. The Morgan fingerprint density at radius 3 is 2.33 bits per heavy atom. The topological polar surface area (TPSA) is 9.23 Å². The summed E-state index contributed by atoms with van der Waals surface area (Å²) in [5.74, 6) is 0. The van der Waals surface area contributed by atoms with Crippen molar-refractivity contribution in [2.45, 2.75) is 19.5 Å². The van der Waals surface area contributed by atoms with Gasteiger partial charge in [0, 0.05) is 4.43 Å². The smallest absolute Gasteiger partial charge is 0.261 e. The number of alkyl halides is 3. The van der Waals surface area contributed by atoms with E-state index < -0.39 is 13.0 Å². The number of halogens is 3. The van der Waals surface area contributed by atoms with E-state index in [1.54, 1.807) is 0 Å². The summed E-state index contributed by atoms with van der Waals surface area (Å²) in [5.41, 5.74) is 2.11. The first kappa shape index (κ1) is 12.8. The molecule has 0 aliphatic rings. The maximum Gasteiger partial charge on any atom is 0.261 e. The monoisotopic (exact) mass is 326 g/mol. The predicted octanol–water partition coefficient (Wildman–Crippen LogP) is 3.75. The van der Waals surface area contributed by atoms with Gasteiger partial charge in [0.2, 0.25) is 0 Å². The Morgan fingerprint density at radius 2 is 1.87 bits per heavy atom. The highest BCUT2D eigenvalue weighted by Crippen LogP contribution is 2.21. The molecule has 84 valence electrons. The van der Waals surface area contributed by atoms with Gasteiger partial charge >= 0.3 is 0 Å². The fraction of sp³-hybridized carbons (Fsp3) is 0.455. The van der Waals surface area contributed by atoms with Crippen LogP contribution in [0.25, 0.3) is 0 Å². The molecule has 1 aromatic carbocycles. The average molecular weight is 326 g/mol. The van der Waals surface area contributed by atoms with Crippen molar-refractivity contribution in [3.63, 3.8) is 0 Å². The third-order valence-corrected chi connectivity index (χ3v) is 2.81. The predicted molar refractivity (Wildman–Crippen MR) is 64.8 cm³/mol. The molecule has 0 radical (unpaired) electrons. The molecular weight excluding hydrogens is 313 g/mol. The molecule has 0 aliphatic heterocycles. The molecule has 0 saturated carbocycles. The van der Waals surface area contributed by atoms with E-state index in [1.807, 2.05) is 31.2 Å². The van der Waals surface area contributed by atoms with Gasteiger partial charge in [-0.05, 0) is 12.5 Å². The van der Waals surface area contributed by atoms with Crippen molar-refractivity contribution in [1.82, 2.24) is 0 Å². The first-order chi connectivity index (χ1) is 7.13. The van der Waals surface area contributed by atoms with Gasteiger partial charge in [-0.3, -0.25) is 0 Å². The van der Waals surface area contributed by atoms with Gasteiger partial charge in [0.05, 0.1) is 6.10 Å². The van der Waals surface area contributed by atoms with Crippen LogP contribution in [0.2, 0.25) is 0 Å². The maximum absolute atomic E-state index is 12.0. The fourth-order valence-electron chi connectivity index (χ4n) is 1.20. The molecule has 15 heavy (non-hydrogen) atoms. The second-order valence-electron chi connectivity index (χ2n) is 3.28. The van der Waals surface area contributed by atoms with Crippen LogP contribution in [0.5, 0.6) is 0 Å². The SMILES string of the molecule is Cc1ccc(C(CI)OCC(F)F)cc1. The molecule has 1 rings (SSSR count). The van der Waals surface area contributed by atoms with Crippen molar-refractivity contribution in [1.29, 1.82) is 0 Å². The summed E-state index contributed by atoms with van der Waals surface area (Å²) in [4.78, 5) is 0. The fourth-order valence-corrected chi connectivity index (χ4v) is 1.96. The van der Waals surface area contributed by atoms with E-state index >= 15 is 0 Å². The van der Waals surface area contributed by atoms with Crippen LogP contribution < -0.4 is 0 Å². The minimum Gasteiger partial charge on any atom is -0.367 e. The van der Waals surface area contributed by atoms with Crippen LogP contribution in [0.1, 0.15) is 17.2 Å². The highest BCUT2D eigenvalue weighted by molar-refractivity contribution is 14.1. The quantitative estimate of drug-likeness (QED) is 0.591. The Hall–Kier alpha value is -0.230. The van der Waals surface area contributed by atoms with E-state index in [4.69, 9.17) is 4.74 Å². The summed E-state index contributed by atoms with van der Waals surface area (Å²) in [6.07, 6.45) is -2.64. The lowest BCUT2D eigenvalue weighted by molar-refractivity contribution is -0.0153. The van der Waals surface area contributed by atoms with Gasteiger partial charge in [0.1, 0.15) is 6.61 Å². The van der Waals surface area contributed by atoms with Crippen molar-refractivity contribution < 1.29 is 13.5 Å². The van der Waals surface area contributed by atoms with Gasteiger partial charge in [-0.2, -0.15) is 0 Å². The molecule has 0 aromatic heterocycles. The summed E-state index contributed by atoms with van der Waals surface area (Å²) in [6, 6.07) is 7.76.